The highest BCUT2D eigenvalue weighted by molar-refractivity contribution is 5.96. The van der Waals surface area contributed by atoms with Crippen molar-refractivity contribution in [3.05, 3.63) is 53.6 Å². The van der Waals surface area contributed by atoms with Gasteiger partial charge in [0.05, 0.1) is 21.3 Å². The summed E-state index contributed by atoms with van der Waals surface area (Å²) in [7, 11) is 4.59. The molecule has 0 atom stereocenters. The second-order valence-electron chi connectivity index (χ2n) is 5.25. The number of ether oxygens (including phenoxy) is 4. The summed E-state index contributed by atoms with van der Waals surface area (Å²) in [6.07, 6.45) is 0. The molecule has 1 amide bonds. The van der Waals surface area contributed by atoms with Crippen LogP contribution in [0.15, 0.2) is 42.5 Å². The van der Waals surface area contributed by atoms with Crippen molar-refractivity contribution in [1.82, 2.24) is 5.32 Å². The van der Waals surface area contributed by atoms with E-state index in [2.05, 4.69) is 5.32 Å². The van der Waals surface area contributed by atoms with E-state index in [9.17, 15) is 9.59 Å². The summed E-state index contributed by atoms with van der Waals surface area (Å²) in [5.74, 6) is 0.818. The Morgan fingerprint density at radius 1 is 0.923 bits per heavy atom. The summed E-state index contributed by atoms with van der Waals surface area (Å²) in [6.45, 7) is -0.240. The summed E-state index contributed by atoms with van der Waals surface area (Å²) in [6, 6.07) is 11.8. The van der Waals surface area contributed by atoms with E-state index in [4.69, 9.17) is 18.9 Å². The minimum Gasteiger partial charge on any atom is -0.497 e. The van der Waals surface area contributed by atoms with Crippen LogP contribution >= 0.6 is 0 Å². The molecule has 0 aromatic heterocycles. The molecule has 0 bridgehead atoms. The number of amides is 1. The number of benzene rings is 2. The van der Waals surface area contributed by atoms with Gasteiger partial charge in [-0.15, -0.1) is 0 Å². The molecule has 0 saturated carbocycles. The summed E-state index contributed by atoms with van der Waals surface area (Å²) in [5, 5.41) is 2.51. The van der Waals surface area contributed by atoms with Gasteiger partial charge in [-0.1, -0.05) is 6.07 Å². The van der Waals surface area contributed by atoms with Gasteiger partial charge < -0.3 is 24.3 Å². The highest BCUT2D eigenvalue weighted by atomic mass is 16.5. The molecule has 0 aliphatic rings. The molecule has 0 saturated heterocycles. The fraction of sp³-hybridized carbons (Fsp3) is 0.263. The molecule has 2 aromatic carbocycles. The van der Waals surface area contributed by atoms with Crippen LogP contribution in [0.3, 0.4) is 0 Å². The normalized spacial score (nSPS) is 9.96. The highest BCUT2D eigenvalue weighted by Gasteiger charge is 2.12. The van der Waals surface area contributed by atoms with Crippen LogP contribution in [-0.2, 0) is 16.1 Å². The lowest BCUT2D eigenvalue weighted by atomic mass is 10.2. The Kier molecular flexibility index (Phi) is 6.84. The molecule has 0 spiro atoms. The van der Waals surface area contributed by atoms with Crippen molar-refractivity contribution in [2.75, 3.05) is 27.9 Å². The quantitative estimate of drug-likeness (QED) is 0.728. The third kappa shape index (κ3) is 5.14. The van der Waals surface area contributed by atoms with Crippen molar-refractivity contribution in [2.24, 2.45) is 0 Å². The van der Waals surface area contributed by atoms with E-state index in [1.54, 1.807) is 49.6 Å². The maximum atomic E-state index is 12.1. The van der Waals surface area contributed by atoms with Crippen molar-refractivity contribution in [3.8, 4) is 17.2 Å². The number of carbonyl (C=O) groups is 2. The first-order valence-electron chi connectivity index (χ1n) is 7.86. The monoisotopic (exact) mass is 359 g/mol. The zero-order valence-corrected chi connectivity index (χ0v) is 14.9. The molecule has 2 aromatic rings. The van der Waals surface area contributed by atoms with Crippen LogP contribution < -0.4 is 19.5 Å². The molecule has 0 unspecified atom stereocenters. The molecule has 138 valence electrons. The van der Waals surface area contributed by atoms with Crippen molar-refractivity contribution < 1.29 is 28.5 Å². The first kappa shape index (κ1) is 19.1. The molecule has 0 aliphatic carbocycles. The standard InChI is InChI=1S/C19H21NO6/c1-23-15-6-4-5-13(9-15)19(22)20-11-18(21)26-12-14-10-16(24-2)7-8-17(14)25-3/h4-10H,11-12H2,1-3H3,(H,20,22). The zero-order chi connectivity index (χ0) is 18.9. The molecule has 26 heavy (non-hydrogen) atoms. The molecule has 0 heterocycles. The lowest BCUT2D eigenvalue weighted by Crippen LogP contribution is -2.30. The number of esters is 1. The van der Waals surface area contributed by atoms with Crippen molar-refractivity contribution in [3.63, 3.8) is 0 Å². The van der Waals surface area contributed by atoms with Gasteiger partial charge in [0.25, 0.3) is 5.91 Å². The smallest absolute Gasteiger partial charge is 0.325 e. The van der Waals surface area contributed by atoms with Gasteiger partial charge in [0.15, 0.2) is 0 Å². The predicted molar refractivity (Wildman–Crippen MR) is 94.7 cm³/mol. The fourth-order valence-electron chi connectivity index (χ4n) is 2.22. The van der Waals surface area contributed by atoms with Gasteiger partial charge in [-0.05, 0) is 36.4 Å². The van der Waals surface area contributed by atoms with E-state index in [1.165, 1.54) is 14.2 Å². The summed E-state index contributed by atoms with van der Waals surface area (Å²) < 4.78 is 20.6. The molecule has 0 fully saturated rings. The SMILES string of the molecule is COc1cccc(C(=O)NCC(=O)OCc2cc(OC)ccc2OC)c1. The molecule has 1 N–H and O–H groups in total. The maximum absolute atomic E-state index is 12.1. The van der Waals surface area contributed by atoms with Gasteiger partial charge in [0.2, 0.25) is 0 Å². The van der Waals surface area contributed by atoms with Gasteiger partial charge >= 0.3 is 5.97 Å². The lowest BCUT2D eigenvalue weighted by Gasteiger charge is -2.11. The van der Waals surface area contributed by atoms with E-state index >= 15 is 0 Å². The molecule has 0 radical (unpaired) electrons. The van der Waals surface area contributed by atoms with Crippen LogP contribution in [0.25, 0.3) is 0 Å². The second-order valence-corrected chi connectivity index (χ2v) is 5.25. The number of hydrogen-bond donors (Lipinski definition) is 1. The largest absolute Gasteiger partial charge is 0.497 e. The Labute approximate surface area is 151 Å². The van der Waals surface area contributed by atoms with Crippen LogP contribution in [0, 0.1) is 0 Å². The summed E-state index contributed by atoms with van der Waals surface area (Å²) >= 11 is 0. The number of rotatable bonds is 8. The van der Waals surface area contributed by atoms with Gasteiger partial charge in [0, 0.05) is 11.1 Å². The minimum absolute atomic E-state index is 0.00817. The number of hydrogen-bond acceptors (Lipinski definition) is 6. The summed E-state index contributed by atoms with van der Waals surface area (Å²) in [4.78, 5) is 24.0. The fourth-order valence-corrected chi connectivity index (χ4v) is 2.22. The Balaban J connectivity index is 1.88. The Morgan fingerprint density at radius 3 is 2.35 bits per heavy atom. The Morgan fingerprint density at radius 2 is 1.65 bits per heavy atom. The van der Waals surface area contributed by atoms with Gasteiger partial charge in [-0.25, -0.2) is 0 Å². The summed E-state index contributed by atoms with van der Waals surface area (Å²) in [5.41, 5.74) is 1.06. The van der Waals surface area contributed by atoms with Crippen molar-refractivity contribution in [2.45, 2.75) is 6.61 Å². The van der Waals surface area contributed by atoms with Crippen LogP contribution in [0.2, 0.25) is 0 Å². The zero-order valence-electron chi connectivity index (χ0n) is 14.9. The van der Waals surface area contributed by atoms with Crippen LogP contribution in [0.4, 0.5) is 0 Å². The van der Waals surface area contributed by atoms with E-state index in [-0.39, 0.29) is 19.1 Å². The first-order chi connectivity index (χ1) is 12.6. The highest BCUT2D eigenvalue weighted by Crippen LogP contribution is 2.24. The van der Waals surface area contributed by atoms with Gasteiger partial charge in [0.1, 0.15) is 30.4 Å². The Bertz CT molecular complexity index is 774. The first-order valence-corrected chi connectivity index (χ1v) is 7.86. The van der Waals surface area contributed by atoms with E-state index in [0.29, 0.717) is 28.4 Å². The molecular weight excluding hydrogens is 338 g/mol. The van der Waals surface area contributed by atoms with Crippen LogP contribution in [0.1, 0.15) is 15.9 Å². The topological polar surface area (TPSA) is 83.1 Å². The van der Waals surface area contributed by atoms with E-state index in [1.807, 2.05) is 0 Å². The molecule has 7 nitrogen and oxygen atoms in total. The molecular formula is C19H21NO6. The second kappa shape index (κ2) is 9.31. The van der Waals surface area contributed by atoms with Crippen molar-refractivity contribution >= 4 is 11.9 Å². The molecule has 0 aliphatic heterocycles. The van der Waals surface area contributed by atoms with E-state index < -0.39 is 5.97 Å². The van der Waals surface area contributed by atoms with E-state index in [0.717, 1.165) is 0 Å². The minimum atomic E-state index is -0.564. The van der Waals surface area contributed by atoms with Gasteiger partial charge in [-0.2, -0.15) is 0 Å². The van der Waals surface area contributed by atoms with Crippen LogP contribution in [0.5, 0.6) is 17.2 Å². The predicted octanol–water partition coefficient (Wildman–Crippen LogP) is 2.19. The average Bonchev–Trinajstić information content (AvgIpc) is 2.70. The van der Waals surface area contributed by atoms with Crippen LogP contribution in [-0.4, -0.2) is 39.8 Å². The number of methoxy groups -OCH3 is 3. The van der Waals surface area contributed by atoms with Crippen molar-refractivity contribution in [1.29, 1.82) is 0 Å². The molecule has 2 rings (SSSR count). The Hall–Kier alpha value is -3.22. The third-order valence-electron chi connectivity index (χ3n) is 3.60. The molecule has 7 heteroatoms. The number of carbonyl (C=O) groups excluding carboxylic acids is 2. The maximum Gasteiger partial charge on any atom is 0.325 e. The number of nitrogens with one attached hydrogen (secondary N) is 1. The average molecular weight is 359 g/mol. The lowest BCUT2D eigenvalue weighted by molar-refractivity contribution is -0.143. The van der Waals surface area contributed by atoms with Gasteiger partial charge in [-0.3, -0.25) is 9.59 Å². The third-order valence-corrected chi connectivity index (χ3v) is 3.60.